The summed E-state index contributed by atoms with van der Waals surface area (Å²) in [6.45, 7) is 5.85. The Hall–Kier alpha value is -0.760. The standard InChI is InChI=1S/C10H11BrO/c1-7(2)10-8(11)5-4-6-9(10)12-3/h4-6H,1H2,2-3H3. The molecule has 0 aliphatic carbocycles. The van der Waals surface area contributed by atoms with Crippen LogP contribution in [0.2, 0.25) is 0 Å². The lowest BCUT2D eigenvalue weighted by Crippen LogP contribution is -1.89. The topological polar surface area (TPSA) is 9.23 Å². The highest BCUT2D eigenvalue weighted by atomic mass is 79.9. The molecule has 1 nitrogen and oxygen atoms in total. The van der Waals surface area contributed by atoms with E-state index in [1.807, 2.05) is 25.1 Å². The van der Waals surface area contributed by atoms with Crippen molar-refractivity contribution in [2.24, 2.45) is 0 Å². The fraction of sp³-hybridized carbons (Fsp3) is 0.200. The number of halogens is 1. The molecule has 0 N–H and O–H groups in total. The van der Waals surface area contributed by atoms with Crippen molar-refractivity contribution in [3.63, 3.8) is 0 Å². The summed E-state index contributed by atoms with van der Waals surface area (Å²) in [6, 6.07) is 5.84. The molecule has 0 aliphatic heterocycles. The summed E-state index contributed by atoms with van der Waals surface area (Å²) >= 11 is 3.45. The number of hydrogen-bond donors (Lipinski definition) is 0. The Labute approximate surface area is 81.2 Å². The van der Waals surface area contributed by atoms with E-state index in [9.17, 15) is 0 Å². The average Bonchev–Trinajstić information content (AvgIpc) is 2.03. The van der Waals surface area contributed by atoms with Gasteiger partial charge in [0.05, 0.1) is 7.11 Å². The Morgan fingerprint density at radius 1 is 1.50 bits per heavy atom. The Morgan fingerprint density at radius 3 is 2.58 bits per heavy atom. The second-order valence-electron chi connectivity index (χ2n) is 2.60. The fourth-order valence-electron chi connectivity index (χ4n) is 1.09. The second-order valence-corrected chi connectivity index (χ2v) is 3.45. The minimum absolute atomic E-state index is 0.858. The van der Waals surface area contributed by atoms with Crippen molar-refractivity contribution in [2.45, 2.75) is 6.92 Å². The minimum atomic E-state index is 0.858. The third-order valence-electron chi connectivity index (χ3n) is 1.62. The smallest absolute Gasteiger partial charge is 0.127 e. The van der Waals surface area contributed by atoms with E-state index in [0.717, 1.165) is 21.4 Å². The van der Waals surface area contributed by atoms with Gasteiger partial charge in [0.25, 0.3) is 0 Å². The maximum absolute atomic E-state index is 5.20. The molecule has 0 aliphatic rings. The molecular weight excluding hydrogens is 216 g/mol. The number of benzene rings is 1. The summed E-state index contributed by atoms with van der Waals surface area (Å²) in [5.41, 5.74) is 2.04. The van der Waals surface area contributed by atoms with Gasteiger partial charge in [0.2, 0.25) is 0 Å². The zero-order valence-electron chi connectivity index (χ0n) is 7.23. The molecule has 0 atom stereocenters. The maximum atomic E-state index is 5.20. The predicted octanol–water partition coefficient (Wildman–Crippen LogP) is 3.49. The van der Waals surface area contributed by atoms with Crippen molar-refractivity contribution >= 4 is 21.5 Å². The molecule has 2 heteroatoms. The Morgan fingerprint density at radius 2 is 2.17 bits per heavy atom. The van der Waals surface area contributed by atoms with Crippen molar-refractivity contribution in [1.82, 2.24) is 0 Å². The SMILES string of the molecule is C=C(C)c1c(Br)cccc1OC. The Kier molecular flexibility index (Phi) is 2.93. The lowest BCUT2D eigenvalue weighted by molar-refractivity contribution is 0.413. The van der Waals surface area contributed by atoms with E-state index in [0.29, 0.717) is 0 Å². The van der Waals surface area contributed by atoms with Gasteiger partial charge in [-0.05, 0) is 24.6 Å². The molecule has 0 unspecified atom stereocenters. The van der Waals surface area contributed by atoms with Crippen LogP contribution in [-0.4, -0.2) is 7.11 Å². The number of rotatable bonds is 2. The predicted molar refractivity (Wildman–Crippen MR) is 55.4 cm³/mol. The zero-order chi connectivity index (χ0) is 9.14. The molecule has 1 aromatic rings. The lowest BCUT2D eigenvalue weighted by Gasteiger charge is -2.09. The molecule has 0 fully saturated rings. The van der Waals surface area contributed by atoms with E-state index < -0.39 is 0 Å². The molecule has 1 rings (SSSR count). The molecule has 0 radical (unpaired) electrons. The Bertz CT molecular complexity index is 305. The van der Waals surface area contributed by atoms with Crippen molar-refractivity contribution in [3.05, 3.63) is 34.8 Å². The molecule has 12 heavy (non-hydrogen) atoms. The molecule has 0 saturated carbocycles. The van der Waals surface area contributed by atoms with Crippen LogP contribution < -0.4 is 4.74 Å². The van der Waals surface area contributed by atoms with Crippen LogP contribution in [0.25, 0.3) is 5.57 Å². The van der Waals surface area contributed by atoms with Gasteiger partial charge in [0.1, 0.15) is 5.75 Å². The molecule has 0 aromatic heterocycles. The summed E-state index contributed by atoms with van der Waals surface area (Å²) in [6.07, 6.45) is 0. The van der Waals surface area contributed by atoms with Crippen LogP contribution in [0.1, 0.15) is 12.5 Å². The summed E-state index contributed by atoms with van der Waals surface area (Å²) in [4.78, 5) is 0. The number of ether oxygens (including phenoxy) is 1. The first-order valence-electron chi connectivity index (χ1n) is 3.65. The highest BCUT2D eigenvalue weighted by Gasteiger charge is 2.06. The van der Waals surface area contributed by atoms with E-state index >= 15 is 0 Å². The first-order chi connectivity index (χ1) is 5.66. The van der Waals surface area contributed by atoms with Crippen LogP contribution >= 0.6 is 15.9 Å². The summed E-state index contributed by atoms with van der Waals surface area (Å²) < 4.78 is 6.22. The molecule has 0 bridgehead atoms. The number of methoxy groups -OCH3 is 1. The van der Waals surface area contributed by atoms with Gasteiger partial charge in [-0.3, -0.25) is 0 Å². The van der Waals surface area contributed by atoms with Gasteiger partial charge in [0.15, 0.2) is 0 Å². The number of allylic oxidation sites excluding steroid dienone is 1. The van der Waals surface area contributed by atoms with Crippen molar-refractivity contribution in [2.75, 3.05) is 7.11 Å². The highest BCUT2D eigenvalue weighted by molar-refractivity contribution is 9.10. The average molecular weight is 227 g/mol. The van der Waals surface area contributed by atoms with Crippen LogP contribution in [-0.2, 0) is 0 Å². The van der Waals surface area contributed by atoms with Crippen LogP contribution in [0.3, 0.4) is 0 Å². The molecule has 1 aromatic carbocycles. The van der Waals surface area contributed by atoms with Crippen molar-refractivity contribution < 1.29 is 4.74 Å². The van der Waals surface area contributed by atoms with Gasteiger partial charge in [-0.2, -0.15) is 0 Å². The fourth-order valence-corrected chi connectivity index (χ4v) is 1.78. The highest BCUT2D eigenvalue weighted by Crippen LogP contribution is 2.31. The van der Waals surface area contributed by atoms with Crippen LogP contribution in [0.4, 0.5) is 0 Å². The third-order valence-corrected chi connectivity index (χ3v) is 2.28. The quantitative estimate of drug-likeness (QED) is 0.751. The van der Waals surface area contributed by atoms with Crippen molar-refractivity contribution in [1.29, 1.82) is 0 Å². The molecule has 0 heterocycles. The van der Waals surface area contributed by atoms with Gasteiger partial charge in [-0.15, -0.1) is 0 Å². The van der Waals surface area contributed by atoms with E-state index in [1.165, 1.54) is 0 Å². The molecule has 0 saturated heterocycles. The van der Waals surface area contributed by atoms with Crippen LogP contribution in [0, 0.1) is 0 Å². The van der Waals surface area contributed by atoms with Gasteiger partial charge in [-0.25, -0.2) is 0 Å². The van der Waals surface area contributed by atoms with E-state index in [-0.39, 0.29) is 0 Å². The van der Waals surface area contributed by atoms with E-state index in [1.54, 1.807) is 7.11 Å². The summed E-state index contributed by atoms with van der Waals surface area (Å²) in [5, 5.41) is 0. The zero-order valence-corrected chi connectivity index (χ0v) is 8.81. The molecule has 0 amide bonds. The molecule has 0 spiro atoms. The van der Waals surface area contributed by atoms with Gasteiger partial charge >= 0.3 is 0 Å². The van der Waals surface area contributed by atoms with Crippen LogP contribution in [0.5, 0.6) is 5.75 Å². The van der Waals surface area contributed by atoms with Gasteiger partial charge in [-0.1, -0.05) is 28.6 Å². The van der Waals surface area contributed by atoms with Crippen molar-refractivity contribution in [3.8, 4) is 5.75 Å². The second kappa shape index (κ2) is 3.76. The van der Waals surface area contributed by atoms with Crippen LogP contribution in [0.15, 0.2) is 29.3 Å². The third kappa shape index (κ3) is 1.69. The number of hydrogen-bond acceptors (Lipinski definition) is 1. The normalized spacial score (nSPS) is 9.58. The monoisotopic (exact) mass is 226 g/mol. The first-order valence-corrected chi connectivity index (χ1v) is 4.44. The largest absolute Gasteiger partial charge is 0.496 e. The molecule has 64 valence electrons. The molecular formula is C10H11BrO. The Balaban J connectivity index is 3.29. The van der Waals surface area contributed by atoms with Gasteiger partial charge in [0, 0.05) is 10.0 Å². The summed E-state index contributed by atoms with van der Waals surface area (Å²) in [5.74, 6) is 0.858. The minimum Gasteiger partial charge on any atom is -0.496 e. The first kappa shape index (κ1) is 9.33. The maximum Gasteiger partial charge on any atom is 0.127 e. The van der Waals surface area contributed by atoms with Gasteiger partial charge < -0.3 is 4.74 Å². The van der Waals surface area contributed by atoms with E-state index in [2.05, 4.69) is 22.5 Å². The van der Waals surface area contributed by atoms with E-state index in [4.69, 9.17) is 4.74 Å². The lowest BCUT2D eigenvalue weighted by atomic mass is 10.1. The summed E-state index contributed by atoms with van der Waals surface area (Å²) in [7, 11) is 1.66.